The van der Waals surface area contributed by atoms with Crippen LogP contribution < -0.4 is 10.6 Å². The maximum Gasteiger partial charge on any atom is 0.306 e. The Morgan fingerprint density at radius 1 is 1.16 bits per heavy atom. The molecule has 0 unspecified atom stereocenters. The maximum absolute atomic E-state index is 12.9. The van der Waals surface area contributed by atoms with Gasteiger partial charge >= 0.3 is 5.97 Å². The van der Waals surface area contributed by atoms with Crippen LogP contribution in [0.25, 0.3) is 0 Å². The van der Waals surface area contributed by atoms with Crippen LogP contribution in [-0.4, -0.2) is 55.9 Å². The highest BCUT2D eigenvalue weighted by Crippen LogP contribution is 2.20. The minimum absolute atomic E-state index is 0.0874. The van der Waals surface area contributed by atoms with E-state index >= 15 is 0 Å². The molecule has 0 aromatic heterocycles. The van der Waals surface area contributed by atoms with Gasteiger partial charge in [-0.3, -0.25) is 14.4 Å². The normalized spacial score (nSPS) is 24.0. The SMILES string of the molecule is CN1CCC(CNC(=O)C[C@@H]2CC=CCCC(=O)O[C@H](c3ccccc3)CNC2=O)CC1. The number of nitrogens with zero attached hydrogens (tertiary/aromatic N) is 1. The van der Waals surface area contributed by atoms with Crippen LogP contribution in [0.4, 0.5) is 0 Å². The highest BCUT2D eigenvalue weighted by atomic mass is 16.5. The van der Waals surface area contributed by atoms with Gasteiger partial charge in [0.25, 0.3) is 0 Å². The summed E-state index contributed by atoms with van der Waals surface area (Å²) in [6.45, 7) is 2.97. The fourth-order valence-corrected chi connectivity index (χ4v) is 4.13. The number of cyclic esters (lactones) is 1. The van der Waals surface area contributed by atoms with Gasteiger partial charge in [-0.2, -0.15) is 0 Å². The Kier molecular flexibility index (Phi) is 9.28. The number of ether oxygens (including phenoxy) is 1. The van der Waals surface area contributed by atoms with Crippen molar-refractivity contribution in [2.45, 2.75) is 44.6 Å². The molecule has 0 radical (unpaired) electrons. The molecule has 3 rings (SSSR count). The van der Waals surface area contributed by atoms with E-state index in [0.717, 1.165) is 31.5 Å². The van der Waals surface area contributed by atoms with Gasteiger partial charge in [0.15, 0.2) is 0 Å². The van der Waals surface area contributed by atoms with Crippen LogP contribution in [0.2, 0.25) is 0 Å². The third-order valence-corrected chi connectivity index (χ3v) is 6.24. The van der Waals surface area contributed by atoms with Gasteiger partial charge in [0.05, 0.1) is 12.5 Å². The minimum Gasteiger partial charge on any atom is -0.456 e. The van der Waals surface area contributed by atoms with E-state index in [1.54, 1.807) is 0 Å². The molecular weight excluding hydrogens is 406 g/mol. The minimum atomic E-state index is -0.546. The van der Waals surface area contributed by atoms with Gasteiger partial charge in [-0.25, -0.2) is 0 Å². The average molecular weight is 442 g/mol. The molecule has 0 saturated carbocycles. The molecule has 1 aromatic carbocycles. The first-order chi connectivity index (χ1) is 15.5. The molecule has 1 fully saturated rings. The van der Waals surface area contributed by atoms with Crippen LogP contribution in [0.3, 0.4) is 0 Å². The zero-order valence-electron chi connectivity index (χ0n) is 18.9. The van der Waals surface area contributed by atoms with E-state index in [0.29, 0.717) is 25.3 Å². The predicted molar refractivity (Wildman–Crippen MR) is 123 cm³/mol. The molecule has 2 amide bonds. The van der Waals surface area contributed by atoms with E-state index in [9.17, 15) is 14.4 Å². The molecule has 2 aliphatic rings. The molecule has 2 heterocycles. The summed E-state index contributed by atoms with van der Waals surface area (Å²) in [5.41, 5.74) is 0.834. The number of likely N-dealkylation sites (tertiary alicyclic amines) is 1. The number of rotatable bonds is 5. The van der Waals surface area contributed by atoms with Crippen molar-refractivity contribution in [1.29, 1.82) is 0 Å². The molecule has 7 heteroatoms. The second-order valence-corrected chi connectivity index (χ2v) is 8.83. The van der Waals surface area contributed by atoms with Gasteiger partial charge in [-0.15, -0.1) is 0 Å². The van der Waals surface area contributed by atoms with Crippen molar-refractivity contribution in [3.63, 3.8) is 0 Å². The Labute approximate surface area is 190 Å². The predicted octanol–water partition coefficient (Wildman–Crippen LogP) is 2.59. The highest BCUT2D eigenvalue weighted by molar-refractivity contribution is 5.86. The first-order valence-corrected chi connectivity index (χ1v) is 11.6. The lowest BCUT2D eigenvalue weighted by Crippen LogP contribution is -2.40. The number of amides is 2. The first-order valence-electron chi connectivity index (χ1n) is 11.6. The van der Waals surface area contributed by atoms with Crippen LogP contribution in [0.5, 0.6) is 0 Å². The quantitative estimate of drug-likeness (QED) is 0.542. The van der Waals surface area contributed by atoms with Crippen molar-refractivity contribution in [2.24, 2.45) is 11.8 Å². The van der Waals surface area contributed by atoms with Gasteiger partial charge in [0, 0.05) is 19.4 Å². The number of carbonyl (C=O) groups excluding carboxylic acids is 3. The van der Waals surface area contributed by atoms with Crippen molar-refractivity contribution in [3.05, 3.63) is 48.0 Å². The number of hydrogen-bond acceptors (Lipinski definition) is 5. The molecular formula is C25H35N3O4. The smallest absolute Gasteiger partial charge is 0.306 e. The maximum atomic E-state index is 12.9. The Bertz CT molecular complexity index is 788. The van der Waals surface area contributed by atoms with Crippen molar-refractivity contribution >= 4 is 17.8 Å². The summed E-state index contributed by atoms with van der Waals surface area (Å²) in [6, 6.07) is 9.40. The molecule has 1 saturated heterocycles. The summed E-state index contributed by atoms with van der Waals surface area (Å²) in [7, 11) is 2.12. The Morgan fingerprint density at radius 2 is 1.91 bits per heavy atom. The van der Waals surface area contributed by atoms with E-state index in [1.165, 1.54) is 0 Å². The van der Waals surface area contributed by atoms with E-state index in [1.807, 2.05) is 42.5 Å². The lowest BCUT2D eigenvalue weighted by atomic mass is 9.96. The second kappa shape index (κ2) is 12.4. The van der Waals surface area contributed by atoms with Gasteiger partial charge in [-0.1, -0.05) is 42.5 Å². The molecule has 0 aliphatic carbocycles. The van der Waals surface area contributed by atoms with Crippen molar-refractivity contribution < 1.29 is 19.1 Å². The fraction of sp³-hybridized carbons (Fsp3) is 0.560. The number of hydrogen-bond donors (Lipinski definition) is 2. The molecule has 1 aromatic rings. The molecule has 2 aliphatic heterocycles. The number of piperidine rings is 1. The molecule has 7 nitrogen and oxygen atoms in total. The van der Waals surface area contributed by atoms with Crippen LogP contribution >= 0.6 is 0 Å². The zero-order chi connectivity index (χ0) is 22.8. The monoisotopic (exact) mass is 441 g/mol. The molecule has 2 atom stereocenters. The fourth-order valence-electron chi connectivity index (χ4n) is 4.13. The van der Waals surface area contributed by atoms with Crippen molar-refractivity contribution in [1.82, 2.24) is 15.5 Å². The topological polar surface area (TPSA) is 87.7 Å². The van der Waals surface area contributed by atoms with Gasteiger partial charge in [-0.05, 0) is 57.3 Å². The summed E-state index contributed by atoms with van der Waals surface area (Å²) in [6.07, 6.45) is 6.86. The highest BCUT2D eigenvalue weighted by Gasteiger charge is 2.25. The number of benzene rings is 1. The summed E-state index contributed by atoms with van der Waals surface area (Å²) >= 11 is 0. The number of allylic oxidation sites excluding steroid dienone is 2. The lowest BCUT2D eigenvalue weighted by Gasteiger charge is -2.29. The number of nitrogens with one attached hydrogen (secondary N) is 2. The first kappa shape index (κ1) is 24.0. The number of carbonyl (C=O) groups is 3. The third kappa shape index (κ3) is 7.79. The Morgan fingerprint density at radius 3 is 2.66 bits per heavy atom. The molecule has 32 heavy (non-hydrogen) atoms. The standard InChI is InChI=1S/C25H35N3O4/c1-28-14-12-19(13-15-28)17-26-23(29)16-21-10-6-3-7-11-24(30)32-22(18-27-25(21)31)20-8-4-2-5-9-20/h2-6,8-9,19,21-22H,7,10-18H2,1H3,(H,26,29)(H,27,31)/t21-,22-/m0/s1. The van der Waals surface area contributed by atoms with Gasteiger partial charge in [0.2, 0.25) is 11.8 Å². The van der Waals surface area contributed by atoms with Crippen LogP contribution in [0.15, 0.2) is 42.5 Å². The summed E-state index contributed by atoms with van der Waals surface area (Å²) in [5.74, 6) is -0.516. The van der Waals surface area contributed by atoms with E-state index in [-0.39, 0.29) is 37.2 Å². The van der Waals surface area contributed by atoms with Gasteiger partial charge < -0.3 is 20.3 Å². The lowest BCUT2D eigenvalue weighted by molar-refractivity contribution is -0.150. The summed E-state index contributed by atoms with van der Waals surface area (Å²) in [5, 5.41) is 5.93. The summed E-state index contributed by atoms with van der Waals surface area (Å²) in [4.78, 5) is 39.9. The average Bonchev–Trinajstić information content (AvgIpc) is 2.80. The third-order valence-electron chi connectivity index (χ3n) is 6.24. The zero-order valence-corrected chi connectivity index (χ0v) is 18.9. The van der Waals surface area contributed by atoms with Crippen LogP contribution in [0, 0.1) is 11.8 Å². The Hall–Kier alpha value is -2.67. The molecule has 0 bridgehead atoms. The largest absolute Gasteiger partial charge is 0.456 e. The van der Waals surface area contributed by atoms with Crippen molar-refractivity contribution in [3.8, 4) is 0 Å². The van der Waals surface area contributed by atoms with E-state index in [2.05, 4.69) is 22.6 Å². The van der Waals surface area contributed by atoms with Crippen molar-refractivity contribution in [2.75, 3.05) is 33.2 Å². The summed E-state index contributed by atoms with van der Waals surface area (Å²) < 4.78 is 5.62. The van der Waals surface area contributed by atoms with Crippen LogP contribution in [0.1, 0.15) is 50.2 Å². The van der Waals surface area contributed by atoms with Gasteiger partial charge in [0.1, 0.15) is 6.10 Å². The van der Waals surface area contributed by atoms with E-state index in [4.69, 9.17) is 4.74 Å². The molecule has 2 N–H and O–H groups in total. The molecule has 0 spiro atoms. The van der Waals surface area contributed by atoms with Crippen LogP contribution in [-0.2, 0) is 19.1 Å². The number of esters is 1. The second-order valence-electron chi connectivity index (χ2n) is 8.83. The molecule has 174 valence electrons. The van der Waals surface area contributed by atoms with E-state index < -0.39 is 12.0 Å². The Balaban J connectivity index is 1.57.